The first-order valence-electron chi connectivity index (χ1n) is 9.16. The average Bonchev–Trinajstić information content (AvgIpc) is 2.86. The fraction of sp³-hybridized carbons (Fsp3) is 0.167. The molecule has 1 N–H and O–H groups in total. The maximum Gasteiger partial charge on any atom is 0.0544 e. The Labute approximate surface area is 149 Å². The first kappa shape index (κ1) is 15.7. The molecule has 0 unspecified atom stereocenters. The summed E-state index contributed by atoms with van der Waals surface area (Å²) in [7, 11) is 0. The van der Waals surface area contributed by atoms with Crippen molar-refractivity contribution in [2.45, 2.75) is 26.7 Å². The van der Waals surface area contributed by atoms with Gasteiger partial charge < -0.3 is 4.98 Å². The van der Waals surface area contributed by atoms with Crippen molar-refractivity contribution in [1.29, 1.82) is 0 Å². The number of hydrogen-bond acceptors (Lipinski definition) is 0. The van der Waals surface area contributed by atoms with Gasteiger partial charge in [-0.1, -0.05) is 74.5 Å². The zero-order valence-electron chi connectivity index (χ0n) is 14.8. The topological polar surface area (TPSA) is 15.8 Å². The van der Waals surface area contributed by atoms with Gasteiger partial charge in [0.2, 0.25) is 0 Å². The van der Waals surface area contributed by atoms with Crippen molar-refractivity contribution in [3.8, 4) is 0 Å². The third-order valence-electron chi connectivity index (χ3n) is 4.77. The molecule has 0 aliphatic heterocycles. The second-order valence-corrected chi connectivity index (χ2v) is 6.32. The van der Waals surface area contributed by atoms with E-state index in [1.54, 1.807) is 0 Å². The number of aromatic amines is 1. The minimum atomic E-state index is 1.00. The SMILES string of the molecule is C1=C2/C=C\C/C=C\C(=Cc3c1[nH]c1c3ccc3ccccc31)C2.CC. The Morgan fingerprint density at radius 2 is 1.56 bits per heavy atom. The van der Waals surface area contributed by atoms with Crippen molar-refractivity contribution >= 4 is 33.8 Å². The molecule has 1 aromatic heterocycles. The largest absolute Gasteiger partial charge is 0.354 e. The molecule has 2 aromatic carbocycles. The fourth-order valence-corrected chi connectivity index (χ4v) is 3.69. The van der Waals surface area contributed by atoms with Crippen LogP contribution in [-0.4, -0.2) is 4.98 Å². The number of fused-ring (bicyclic) bond motifs is 7. The third-order valence-corrected chi connectivity index (χ3v) is 4.77. The normalized spacial score (nSPS) is 18.0. The van der Waals surface area contributed by atoms with Crippen molar-refractivity contribution < 1.29 is 0 Å². The van der Waals surface area contributed by atoms with Crippen LogP contribution < -0.4 is 0 Å². The van der Waals surface area contributed by atoms with Crippen molar-refractivity contribution in [3.05, 3.63) is 83.1 Å². The maximum atomic E-state index is 3.67. The number of rotatable bonds is 0. The van der Waals surface area contributed by atoms with Crippen LogP contribution in [0.2, 0.25) is 0 Å². The fourth-order valence-electron chi connectivity index (χ4n) is 3.69. The summed E-state index contributed by atoms with van der Waals surface area (Å²) < 4.78 is 0. The number of hydrogen-bond donors (Lipinski definition) is 1. The summed E-state index contributed by atoms with van der Waals surface area (Å²) in [4.78, 5) is 3.67. The first-order valence-corrected chi connectivity index (χ1v) is 9.16. The van der Waals surface area contributed by atoms with E-state index >= 15 is 0 Å². The van der Waals surface area contributed by atoms with Gasteiger partial charge in [-0.05, 0) is 41.5 Å². The lowest BCUT2D eigenvalue weighted by Gasteiger charge is -2.05. The Kier molecular flexibility index (Phi) is 4.15. The molecular weight excluding hydrogens is 302 g/mol. The molecule has 124 valence electrons. The highest BCUT2D eigenvalue weighted by atomic mass is 14.7. The summed E-state index contributed by atoms with van der Waals surface area (Å²) >= 11 is 0. The molecule has 0 amide bonds. The van der Waals surface area contributed by atoms with E-state index in [2.05, 4.69) is 77.8 Å². The Bertz CT molecular complexity index is 1050. The Balaban J connectivity index is 0.000000758. The van der Waals surface area contributed by atoms with Gasteiger partial charge in [0.1, 0.15) is 0 Å². The minimum Gasteiger partial charge on any atom is -0.354 e. The summed E-state index contributed by atoms with van der Waals surface area (Å²) in [5.74, 6) is 0. The van der Waals surface area contributed by atoms with Crippen LogP contribution in [0.1, 0.15) is 37.9 Å². The zero-order chi connectivity index (χ0) is 17.2. The molecule has 2 aliphatic carbocycles. The van der Waals surface area contributed by atoms with Crippen LogP contribution in [0, 0.1) is 0 Å². The minimum absolute atomic E-state index is 1.00. The molecule has 0 saturated carbocycles. The molecular formula is C24H23N. The highest BCUT2D eigenvalue weighted by molar-refractivity contribution is 6.10. The number of benzene rings is 2. The molecule has 2 aliphatic rings. The Morgan fingerprint density at radius 3 is 2.40 bits per heavy atom. The van der Waals surface area contributed by atoms with Gasteiger partial charge in [0.05, 0.1) is 5.52 Å². The Morgan fingerprint density at radius 1 is 0.800 bits per heavy atom. The van der Waals surface area contributed by atoms with Crippen molar-refractivity contribution in [1.82, 2.24) is 4.98 Å². The average molecular weight is 325 g/mol. The number of allylic oxidation sites excluding steroid dienone is 6. The van der Waals surface area contributed by atoms with E-state index in [0.717, 1.165) is 12.8 Å². The van der Waals surface area contributed by atoms with Crippen LogP contribution in [0.3, 0.4) is 0 Å². The van der Waals surface area contributed by atoms with Gasteiger partial charge in [0.15, 0.2) is 0 Å². The quantitative estimate of drug-likeness (QED) is 0.456. The van der Waals surface area contributed by atoms with Crippen LogP contribution in [0.25, 0.3) is 33.8 Å². The molecule has 1 heterocycles. The van der Waals surface area contributed by atoms with Crippen LogP contribution in [0.5, 0.6) is 0 Å². The van der Waals surface area contributed by atoms with E-state index in [1.807, 2.05) is 13.8 Å². The van der Waals surface area contributed by atoms with Gasteiger partial charge in [-0.25, -0.2) is 0 Å². The van der Waals surface area contributed by atoms with Crippen LogP contribution in [0.4, 0.5) is 0 Å². The number of nitrogens with one attached hydrogen (secondary N) is 1. The van der Waals surface area contributed by atoms with Gasteiger partial charge in [0.25, 0.3) is 0 Å². The summed E-state index contributed by atoms with van der Waals surface area (Å²) in [5.41, 5.74) is 6.53. The standard InChI is InChI=1S/C22H17N.C2H6/c1-2-6-15-12-16(7-3-1)14-21-20(13-15)19-11-10-17-8-4-5-9-18(17)22(19)23-21;1-2/h2-11,13-14,23H,1,12H2;1-2H3/b6-2-,7-3-;. The smallest absolute Gasteiger partial charge is 0.0544 e. The van der Waals surface area contributed by atoms with E-state index in [-0.39, 0.29) is 0 Å². The second kappa shape index (κ2) is 6.60. The third kappa shape index (κ3) is 2.76. The molecule has 0 fully saturated rings. The van der Waals surface area contributed by atoms with Crippen molar-refractivity contribution in [2.24, 2.45) is 0 Å². The van der Waals surface area contributed by atoms with Crippen molar-refractivity contribution in [2.75, 3.05) is 0 Å². The van der Waals surface area contributed by atoms with Gasteiger partial charge in [-0.3, -0.25) is 0 Å². The summed E-state index contributed by atoms with van der Waals surface area (Å²) in [5, 5.41) is 3.89. The second-order valence-electron chi connectivity index (χ2n) is 6.32. The van der Waals surface area contributed by atoms with E-state index in [9.17, 15) is 0 Å². The molecule has 25 heavy (non-hydrogen) atoms. The first-order chi connectivity index (χ1) is 12.4. The summed E-state index contributed by atoms with van der Waals surface area (Å²) in [6, 6.07) is 13.1. The van der Waals surface area contributed by atoms with Gasteiger partial charge in [0, 0.05) is 22.0 Å². The molecule has 1 heteroatoms. The lowest BCUT2D eigenvalue weighted by Crippen LogP contribution is -1.84. The predicted molar refractivity (Wildman–Crippen MR) is 111 cm³/mol. The summed E-state index contributed by atoms with van der Waals surface area (Å²) in [6.07, 6.45) is 15.7. The van der Waals surface area contributed by atoms with Gasteiger partial charge >= 0.3 is 0 Å². The monoisotopic (exact) mass is 325 g/mol. The number of aromatic nitrogens is 1. The molecule has 0 spiro atoms. The molecule has 2 bridgehead atoms. The van der Waals surface area contributed by atoms with E-state index < -0.39 is 0 Å². The Hall–Kier alpha value is -2.80. The lowest BCUT2D eigenvalue weighted by atomic mass is 10.0. The summed E-state index contributed by atoms with van der Waals surface area (Å²) in [6.45, 7) is 4.00. The molecule has 0 radical (unpaired) electrons. The molecule has 0 saturated heterocycles. The maximum absolute atomic E-state index is 3.67. The molecule has 0 atom stereocenters. The van der Waals surface area contributed by atoms with Crippen LogP contribution >= 0.6 is 0 Å². The van der Waals surface area contributed by atoms with Crippen LogP contribution in [-0.2, 0) is 0 Å². The van der Waals surface area contributed by atoms with Crippen molar-refractivity contribution in [3.63, 3.8) is 0 Å². The van der Waals surface area contributed by atoms with E-state index in [4.69, 9.17) is 0 Å². The highest BCUT2D eigenvalue weighted by Crippen LogP contribution is 2.35. The van der Waals surface area contributed by atoms with Gasteiger partial charge in [-0.2, -0.15) is 0 Å². The van der Waals surface area contributed by atoms with Crippen LogP contribution in [0.15, 0.2) is 71.8 Å². The lowest BCUT2D eigenvalue weighted by molar-refractivity contribution is 1.20. The molecule has 3 aromatic rings. The number of H-pyrrole nitrogens is 1. The van der Waals surface area contributed by atoms with Gasteiger partial charge in [-0.15, -0.1) is 0 Å². The highest BCUT2D eigenvalue weighted by Gasteiger charge is 2.15. The molecule has 1 nitrogen and oxygen atoms in total. The van der Waals surface area contributed by atoms with E-state index in [1.165, 1.54) is 44.1 Å². The van der Waals surface area contributed by atoms with E-state index in [0.29, 0.717) is 0 Å². The zero-order valence-corrected chi connectivity index (χ0v) is 14.8. The molecule has 5 rings (SSSR count). The predicted octanol–water partition coefficient (Wildman–Crippen LogP) is 7.03.